The number of carbonyl (C=O) groups is 2. The molecule has 0 spiro atoms. The Morgan fingerprint density at radius 1 is 1.23 bits per heavy atom. The summed E-state index contributed by atoms with van der Waals surface area (Å²) in [7, 11) is 1.48. The number of carbonyl (C=O) groups excluding carboxylic acids is 2. The van der Waals surface area contributed by atoms with Crippen LogP contribution in [0.5, 0.6) is 5.75 Å². The SMILES string of the molecule is COc1cccc(C(=O)c2cc(F)ccc2NC(=O)CCl)c1. The highest BCUT2D eigenvalue weighted by atomic mass is 35.5. The second-order valence-electron chi connectivity index (χ2n) is 4.43. The van der Waals surface area contributed by atoms with Crippen LogP contribution in [0, 0.1) is 5.82 Å². The third-order valence-electron chi connectivity index (χ3n) is 2.95. The van der Waals surface area contributed by atoms with Gasteiger partial charge in [-0.3, -0.25) is 9.59 Å². The number of ether oxygens (including phenoxy) is 1. The van der Waals surface area contributed by atoms with Gasteiger partial charge in [0.15, 0.2) is 5.78 Å². The number of benzene rings is 2. The van der Waals surface area contributed by atoms with E-state index < -0.39 is 17.5 Å². The van der Waals surface area contributed by atoms with Crippen molar-refractivity contribution < 1.29 is 18.7 Å². The lowest BCUT2D eigenvalue weighted by Crippen LogP contribution is -2.16. The Balaban J connectivity index is 2.43. The summed E-state index contributed by atoms with van der Waals surface area (Å²) in [6.45, 7) is 0. The number of amides is 1. The number of halogens is 2. The highest BCUT2D eigenvalue weighted by Gasteiger charge is 2.16. The zero-order valence-corrected chi connectivity index (χ0v) is 12.5. The minimum absolute atomic E-state index is 0.0479. The number of hydrogen-bond donors (Lipinski definition) is 1. The molecule has 0 radical (unpaired) electrons. The number of rotatable bonds is 5. The van der Waals surface area contributed by atoms with E-state index in [1.54, 1.807) is 24.3 Å². The molecule has 0 heterocycles. The van der Waals surface area contributed by atoms with E-state index in [-0.39, 0.29) is 17.1 Å². The van der Waals surface area contributed by atoms with Crippen molar-refractivity contribution in [2.24, 2.45) is 0 Å². The summed E-state index contributed by atoms with van der Waals surface area (Å²) in [4.78, 5) is 24.0. The molecule has 2 aromatic rings. The molecule has 2 aromatic carbocycles. The quantitative estimate of drug-likeness (QED) is 0.679. The van der Waals surface area contributed by atoms with Crippen LogP contribution < -0.4 is 10.1 Å². The van der Waals surface area contributed by atoms with Gasteiger partial charge in [-0.2, -0.15) is 0 Å². The third kappa shape index (κ3) is 3.62. The number of anilines is 1. The van der Waals surface area contributed by atoms with Crippen LogP contribution in [0.25, 0.3) is 0 Å². The highest BCUT2D eigenvalue weighted by molar-refractivity contribution is 6.29. The summed E-state index contributed by atoms with van der Waals surface area (Å²) in [5.41, 5.74) is 0.581. The molecule has 4 nitrogen and oxygen atoms in total. The molecule has 0 saturated carbocycles. The van der Waals surface area contributed by atoms with Gasteiger partial charge in [-0.1, -0.05) is 12.1 Å². The van der Waals surface area contributed by atoms with Crippen LogP contribution in [0.1, 0.15) is 15.9 Å². The van der Waals surface area contributed by atoms with Gasteiger partial charge in [-0.05, 0) is 30.3 Å². The van der Waals surface area contributed by atoms with Crippen LogP contribution in [-0.4, -0.2) is 24.7 Å². The van der Waals surface area contributed by atoms with Crippen molar-refractivity contribution in [1.29, 1.82) is 0 Å². The fourth-order valence-corrected chi connectivity index (χ4v) is 1.98. The molecule has 0 fully saturated rings. The third-order valence-corrected chi connectivity index (χ3v) is 3.20. The van der Waals surface area contributed by atoms with Crippen molar-refractivity contribution in [2.75, 3.05) is 18.3 Å². The first kappa shape index (κ1) is 16.0. The monoisotopic (exact) mass is 321 g/mol. The second kappa shape index (κ2) is 7.04. The van der Waals surface area contributed by atoms with Crippen LogP contribution >= 0.6 is 11.6 Å². The molecule has 2 rings (SSSR count). The van der Waals surface area contributed by atoms with E-state index in [0.29, 0.717) is 11.3 Å². The minimum Gasteiger partial charge on any atom is -0.497 e. The Morgan fingerprint density at radius 2 is 2.00 bits per heavy atom. The molecule has 114 valence electrons. The average Bonchev–Trinajstić information content (AvgIpc) is 2.55. The summed E-state index contributed by atoms with van der Waals surface area (Å²) in [5.74, 6) is -1.23. The van der Waals surface area contributed by atoms with E-state index in [4.69, 9.17) is 16.3 Å². The second-order valence-corrected chi connectivity index (χ2v) is 4.70. The maximum Gasteiger partial charge on any atom is 0.239 e. The standard InChI is InChI=1S/C16H13ClFNO3/c1-22-12-4-2-3-10(7-12)16(21)13-8-11(18)5-6-14(13)19-15(20)9-17/h2-8H,9H2,1H3,(H,19,20). The normalized spacial score (nSPS) is 10.1. The van der Waals surface area contributed by atoms with E-state index >= 15 is 0 Å². The van der Waals surface area contributed by atoms with Gasteiger partial charge >= 0.3 is 0 Å². The van der Waals surface area contributed by atoms with Crippen molar-refractivity contribution in [3.63, 3.8) is 0 Å². The maximum absolute atomic E-state index is 13.5. The Morgan fingerprint density at radius 3 is 2.68 bits per heavy atom. The number of alkyl halides is 1. The minimum atomic E-state index is -0.574. The average molecular weight is 322 g/mol. The topological polar surface area (TPSA) is 55.4 Å². The smallest absolute Gasteiger partial charge is 0.239 e. The molecule has 0 atom stereocenters. The Labute approximate surface area is 131 Å². The van der Waals surface area contributed by atoms with Gasteiger partial charge in [0.2, 0.25) is 5.91 Å². The molecule has 1 amide bonds. The molecule has 0 aliphatic carbocycles. The highest BCUT2D eigenvalue weighted by Crippen LogP contribution is 2.23. The predicted octanol–water partition coefficient (Wildman–Crippen LogP) is 3.24. The molecule has 0 saturated heterocycles. The molecule has 0 aliphatic heterocycles. The van der Waals surface area contributed by atoms with E-state index in [2.05, 4.69) is 5.32 Å². The summed E-state index contributed by atoms with van der Waals surface area (Å²) < 4.78 is 18.5. The fourth-order valence-electron chi connectivity index (χ4n) is 1.92. The predicted molar refractivity (Wildman–Crippen MR) is 82.2 cm³/mol. The molecule has 1 N–H and O–H groups in total. The number of ketones is 1. The van der Waals surface area contributed by atoms with Crippen LogP contribution in [0.15, 0.2) is 42.5 Å². The molecular formula is C16H13ClFNO3. The van der Waals surface area contributed by atoms with Gasteiger partial charge in [0.05, 0.1) is 12.8 Å². The molecule has 0 aliphatic rings. The van der Waals surface area contributed by atoms with E-state index in [1.807, 2.05) is 0 Å². The zero-order valence-electron chi connectivity index (χ0n) is 11.7. The van der Waals surface area contributed by atoms with E-state index in [0.717, 1.165) is 12.1 Å². The number of nitrogens with one attached hydrogen (secondary N) is 1. The summed E-state index contributed by atoms with van der Waals surface area (Å²) in [5, 5.41) is 2.48. The lowest BCUT2D eigenvalue weighted by Gasteiger charge is -2.10. The molecule has 22 heavy (non-hydrogen) atoms. The summed E-state index contributed by atoms with van der Waals surface area (Å²) >= 11 is 5.43. The molecule has 0 aromatic heterocycles. The first-order valence-corrected chi connectivity index (χ1v) is 6.92. The van der Waals surface area contributed by atoms with Crippen molar-refractivity contribution in [2.45, 2.75) is 0 Å². The van der Waals surface area contributed by atoms with Gasteiger partial charge in [0.25, 0.3) is 0 Å². The van der Waals surface area contributed by atoms with Crippen molar-refractivity contribution >= 4 is 29.0 Å². The number of hydrogen-bond acceptors (Lipinski definition) is 3. The van der Waals surface area contributed by atoms with Gasteiger partial charge < -0.3 is 10.1 Å². The zero-order chi connectivity index (χ0) is 16.1. The summed E-state index contributed by atoms with van der Waals surface area (Å²) in [6, 6.07) is 10.0. The van der Waals surface area contributed by atoms with Crippen LogP contribution in [0.3, 0.4) is 0 Å². The fraction of sp³-hybridized carbons (Fsp3) is 0.125. The van der Waals surface area contributed by atoms with Gasteiger partial charge in [0, 0.05) is 11.1 Å². The largest absolute Gasteiger partial charge is 0.497 e. The molecule has 0 bridgehead atoms. The van der Waals surface area contributed by atoms with Gasteiger partial charge in [-0.15, -0.1) is 11.6 Å². The molecule has 6 heteroatoms. The maximum atomic E-state index is 13.5. The summed E-state index contributed by atoms with van der Waals surface area (Å²) in [6.07, 6.45) is 0. The van der Waals surface area contributed by atoms with E-state index in [1.165, 1.54) is 13.2 Å². The van der Waals surface area contributed by atoms with Gasteiger partial charge in [0.1, 0.15) is 17.4 Å². The molecule has 0 unspecified atom stereocenters. The van der Waals surface area contributed by atoms with Gasteiger partial charge in [-0.25, -0.2) is 4.39 Å². The first-order valence-electron chi connectivity index (χ1n) is 6.39. The van der Waals surface area contributed by atoms with Crippen molar-refractivity contribution in [3.05, 3.63) is 59.4 Å². The van der Waals surface area contributed by atoms with Crippen LogP contribution in [0.2, 0.25) is 0 Å². The first-order chi connectivity index (χ1) is 10.5. The number of methoxy groups -OCH3 is 1. The van der Waals surface area contributed by atoms with Crippen LogP contribution in [0.4, 0.5) is 10.1 Å². The lowest BCUT2D eigenvalue weighted by molar-refractivity contribution is -0.113. The lowest BCUT2D eigenvalue weighted by atomic mass is 10.0. The van der Waals surface area contributed by atoms with Crippen molar-refractivity contribution in [3.8, 4) is 5.75 Å². The Hall–Kier alpha value is -2.40. The Bertz CT molecular complexity index is 718. The molecular weight excluding hydrogens is 309 g/mol. The van der Waals surface area contributed by atoms with Crippen molar-refractivity contribution in [1.82, 2.24) is 0 Å². The van der Waals surface area contributed by atoms with Crippen LogP contribution in [-0.2, 0) is 4.79 Å². The van der Waals surface area contributed by atoms with E-state index in [9.17, 15) is 14.0 Å². The Kier molecular flexibility index (Phi) is 5.12.